The molecule has 19 heavy (non-hydrogen) atoms. The molecule has 1 amide bonds. The van der Waals surface area contributed by atoms with Crippen LogP contribution in [0.1, 0.15) is 13.3 Å². The highest BCUT2D eigenvalue weighted by Crippen LogP contribution is 2.08. The fourth-order valence-electron chi connectivity index (χ4n) is 2.22. The summed E-state index contributed by atoms with van der Waals surface area (Å²) in [5.74, 6) is 0.0397. The third-order valence-electron chi connectivity index (χ3n) is 3.38. The summed E-state index contributed by atoms with van der Waals surface area (Å²) in [7, 11) is 1.62. The Labute approximate surface area is 115 Å². The van der Waals surface area contributed by atoms with Crippen molar-refractivity contribution in [1.29, 1.82) is 5.26 Å². The molecule has 1 heterocycles. The predicted octanol–water partition coefficient (Wildman–Crippen LogP) is -0.331. The minimum atomic E-state index is 0.0117. The molecule has 0 aromatic rings. The van der Waals surface area contributed by atoms with Gasteiger partial charge in [0.1, 0.15) is 0 Å². The number of ether oxygens (including phenoxy) is 1. The van der Waals surface area contributed by atoms with E-state index in [-0.39, 0.29) is 11.9 Å². The van der Waals surface area contributed by atoms with Crippen LogP contribution in [0.5, 0.6) is 0 Å². The minimum absolute atomic E-state index is 0.0117. The average Bonchev–Trinajstić information content (AvgIpc) is 2.42. The molecular formula is C13H24N4O2. The van der Waals surface area contributed by atoms with Gasteiger partial charge in [0.2, 0.25) is 5.91 Å². The molecule has 0 aromatic heterocycles. The smallest absolute Gasteiger partial charge is 0.234 e. The number of rotatable bonds is 7. The van der Waals surface area contributed by atoms with Crippen LogP contribution in [0.2, 0.25) is 0 Å². The van der Waals surface area contributed by atoms with Crippen molar-refractivity contribution in [2.45, 2.75) is 19.4 Å². The first kappa shape index (κ1) is 15.9. The van der Waals surface area contributed by atoms with Gasteiger partial charge in [0.15, 0.2) is 0 Å². The van der Waals surface area contributed by atoms with Gasteiger partial charge in [-0.2, -0.15) is 5.26 Å². The second-order valence-electron chi connectivity index (χ2n) is 4.71. The van der Waals surface area contributed by atoms with Crippen molar-refractivity contribution in [1.82, 2.24) is 15.1 Å². The first-order valence-electron chi connectivity index (χ1n) is 6.83. The molecule has 6 nitrogen and oxygen atoms in total. The van der Waals surface area contributed by atoms with E-state index in [0.29, 0.717) is 19.7 Å². The third-order valence-corrected chi connectivity index (χ3v) is 3.38. The molecule has 6 heteroatoms. The zero-order chi connectivity index (χ0) is 14.1. The van der Waals surface area contributed by atoms with E-state index in [9.17, 15) is 4.79 Å². The van der Waals surface area contributed by atoms with Crippen molar-refractivity contribution in [2.75, 3.05) is 53.0 Å². The summed E-state index contributed by atoms with van der Waals surface area (Å²) < 4.78 is 4.88. The molecule has 1 aliphatic heterocycles. The van der Waals surface area contributed by atoms with Crippen molar-refractivity contribution in [3.8, 4) is 6.07 Å². The number of amides is 1. The summed E-state index contributed by atoms with van der Waals surface area (Å²) in [5.41, 5.74) is 0. The van der Waals surface area contributed by atoms with Gasteiger partial charge >= 0.3 is 0 Å². The summed E-state index contributed by atoms with van der Waals surface area (Å²) in [6.07, 6.45) is 0.855. The molecule has 0 radical (unpaired) electrons. The zero-order valence-corrected chi connectivity index (χ0v) is 11.9. The van der Waals surface area contributed by atoms with Crippen LogP contribution in [-0.2, 0) is 9.53 Å². The first-order chi connectivity index (χ1) is 9.21. The van der Waals surface area contributed by atoms with E-state index in [1.807, 2.05) is 6.92 Å². The number of hydrogen-bond acceptors (Lipinski definition) is 5. The molecule has 1 saturated heterocycles. The molecule has 0 spiro atoms. The van der Waals surface area contributed by atoms with E-state index in [0.717, 1.165) is 32.6 Å². The van der Waals surface area contributed by atoms with Crippen LogP contribution < -0.4 is 5.32 Å². The number of piperazine rings is 1. The maximum absolute atomic E-state index is 11.6. The number of methoxy groups -OCH3 is 1. The fourth-order valence-corrected chi connectivity index (χ4v) is 2.22. The van der Waals surface area contributed by atoms with Crippen LogP contribution in [0.3, 0.4) is 0 Å². The Morgan fingerprint density at radius 2 is 2.11 bits per heavy atom. The highest BCUT2D eigenvalue weighted by molar-refractivity contribution is 5.77. The summed E-state index contributed by atoms with van der Waals surface area (Å²) in [4.78, 5) is 16.0. The molecule has 0 aromatic carbocycles. The van der Waals surface area contributed by atoms with Gasteiger partial charge in [-0.05, 0) is 6.42 Å². The summed E-state index contributed by atoms with van der Waals surface area (Å²) in [6.45, 7) is 6.96. The van der Waals surface area contributed by atoms with Gasteiger partial charge in [0, 0.05) is 39.8 Å². The highest BCUT2D eigenvalue weighted by Gasteiger charge is 2.23. The maximum atomic E-state index is 11.6. The van der Waals surface area contributed by atoms with Gasteiger partial charge in [0.05, 0.1) is 25.3 Å². The topological polar surface area (TPSA) is 68.6 Å². The summed E-state index contributed by atoms with van der Waals surface area (Å²) in [6, 6.07) is 2.34. The summed E-state index contributed by atoms with van der Waals surface area (Å²) in [5, 5.41) is 11.8. The number of hydrogen-bond donors (Lipinski definition) is 1. The predicted molar refractivity (Wildman–Crippen MR) is 72.6 cm³/mol. The Hall–Kier alpha value is -1.16. The standard InChI is InChI=1S/C13H24N4O2/c1-3-12(10-14)17-7-5-16(6-8-17)11-13(18)15-4-9-19-2/h12H,3-9,11H2,1-2H3,(H,15,18). The Kier molecular flexibility index (Phi) is 7.41. The van der Waals surface area contributed by atoms with Gasteiger partial charge in [0.25, 0.3) is 0 Å². The van der Waals surface area contributed by atoms with Gasteiger partial charge in [-0.15, -0.1) is 0 Å². The molecule has 1 atom stereocenters. The highest BCUT2D eigenvalue weighted by atomic mass is 16.5. The molecular weight excluding hydrogens is 244 g/mol. The Bertz CT molecular complexity index is 308. The van der Waals surface area contributed by atoms with Gasteiger partial charge < -0.3 is 10.1 Å². The molecule has 1 aliphatic rings. The normalized spacial score (nSPS) is 18.8. The van der Waals surface area contributed by atoms with Gasteiger partial charge in [-0.1, -0.05) is 6.92 Å². The second kappa shape index (κ2) is 8.86. The van der Waals surface area contributed by atoms with Crippen molar-refractivity contribution in [2.24, 2.45) is 0 Å². The minimum Gasteiger partial charge on any atom is -0.383 e. The molecule has 1 rings (SSSR count). The van der Waals surface area contributed by atoms with E-state index in [2.05, 4.69) is 21.2 Å². The van der Waals surface area contributed by atoms with Gasteiger partial charge in [-0.3, -0.25) is 14.6 Å². The van der Waals surface area contributed by atoms with Gasteiger partial charge in [-0.25, -0.2) is 0 Å². The monoisotopic (exact) mass is 268 g/mol. The lowest BCUT2D eigenvalue weighted by molar-refractivity contribution is -0.122. The van der Waals surface area contributed by atoms with Crippen molar-refractivity contribution in [3.63, 3.8) is 0 Å². The Morgan fingerprint density at radius 3 is 2.63 bits per heavy atom. The van der Waals surface area contributed by atoms with Crippen LogP contribution in [0.15, 0.2) is 0 Å². The lowest BCUT2D eigenvalue weighted by Crippen LogP contribution is -2.52. The maximum Gasteiger partial charge on any atom is 0.234 e. The SMILES string of the molecule is CCC(C#N)N1CCN(CC(=O)NCCOC)CC1. The number of nitriles is 1. The van der Waals surface area contributed by atoms with Crippen LogP contribution in [0, 0.1) is 11.3 Å². The number of nitrogens with one attached hydrogen (secondary N) is 1. The van der Waals surface area contributed by atoms with Crippen LogP contribution in [0.4, 0.5) is 0 Å². The largest absolute Gasteiger partial charge is 0.383 e. The quantitative estimate of drug-likeness (QED) is 0.640. The average molecular weight is 268 g/mol. The molecule has 1 unspecified atom stereocenters. The molecule has 1 fully saturated rings. The molecule has 0 bridgehead atoms. The summed E-state index contributed by atoms with van der Waals surface area (Å²) >= 11 is 0. The van der Waals surface area contributed by atoms with E-state index >= 15 is 0 Å². The lowest BCUT2D eigenvalue weighted by Gasteiger charge is -2.36. The molecule has 1 N–H and O–H groups in total. The zero-order valence-electron chi connectivity index (χ0n) is 11.9. The van der Waals surface area contributed by atoms with E-state index in [1.54, 1.807) is 7.11 Å². The number of carbonyl (C=O) groups is 1. The van der Waals surface area contributed by atoms with E-state index in [4.69, 9.17) is 10.00 Å². The number of carbonyl (C=O) groups excluding carboxylic acids is 1. The third kappa shape index (κ3) is 5.55. The first-order valence-corrected chi connectivity index (χ1v) is 6.83. The van der Waals surface area contributed by atoms with Crippen molar-refractivity contribution < 1.29 is 9.53 Å². The lowest BCUT2D eigenvalue weighted by atomic mass is 10.2. The van der Waals surface area contributed by atoms with E-state index in [1.165, 1.54) is 0 Å². The Balaban J connectivity index is 2.23. The van der Waals surface area contributed by atoms with Crippen LogP contribution in [-0.4, -0.2) is 74.7 Å². The fraction of sp³-hybridized carbons (Fsp3) is 0.846. The van der Waals surface area contributed by atoms with Crippen LogP contribution >= 0.6 is 0 Å². The van der Waals surface area contributed by atoms with Crippen molar-refractivity contribution >= 4 is 5.91 Å². The molecule has 108 valence electrons. The number of nitrogens with zero attached hydrogens (tertiary/aromatic N) is 3. The van der Waals surface area contributed by atoms with Crippen molar-refractivity contribution in [3.05, 3.63) is 0 Å². The second-order valence-corrected chi connectivity index (χ2v) is 4.71. The van der Waals surface area contributed by atoms with Crippen LogP contribution in [0.25, 0.3) is 0 Å². The Morgan fingerprint density at radius 1 is 1.42 bits per heavy atom. The molecule has 0 aliphatic carbocycles. The van der Waals surface area contributed by atoms with E-state index < -0.39 is 0 Å². The molecule has 0 saturated carbocycles.